The van der Waals surface area contributed by atoms with Crippen LogP contribution in [0.4, 0.5) is 0 Å². The topological polar surface area (TPSA) is 54.0 Å². The van der Waals surface area contributed by atoms with Crippen molar-refractivity contribution in [1.82, 2.24) is 4.31 Å². The Morgan fingerprint density at radius 3 is 2.40 bits per heavy atom. The van der Waals surface area contributed by atoms with Gasteiger partial charge in [0.2, 0.25) is 10.0 Å². The van der Waals surface area contributed by atoms with E-state index >= 15 is 0 Å². The van der Waals surface area contributed by atoms with E-state index in [2.05, 4.69) is 12.2 Å². The summed E-state index contributed by atoms with van der Waals surface area (Å²) in [4.78, 5) is 0.424. The van der Waals surface area contributed by atoms with Crippen molar-refractivity contribution in [3.8, 4) is 0 Å². The van der Waals surface area contributed by atoms with Crippen molar-refractivity contribution >= 4 is 10.0 Å². The van der Waals surface area contributed by atoms with Gasteiger partial charge in [-0.15, -0.1) is 0 Å². The highest BCUT2D eigenvalue weighted by molar-refractivity contribution is 7.89. The van der Waals surface area contributed by atoms with Crippen molar-refractivity contribution in [3.63, 3.8) is 0 Å². The molecule has 144 valence electrons. The zero-order valence-corrected chi connectivity index (χ0v) is 17.2. The molecule has 1 aliphatic heterocycles. The number of quaternary nitrogens is 1. The maximum absolute atomic E-state index is 12.8. The maximum Gasteiger partial charge on any atom is 0.243 e. The average Bonchev–Trinajstić information content (AvgIpc) is 2.59. The number of aryl methyl sites for hydroxylation is 1. The van der Waals surface area contributed by atoms with Gasteiger partial charge in [-0.25, -0.2) is 8.42 Å². The minimum Gasteiger partial charge on any atom is -1.00 e. The summed E-state index contributed by atoms with van der Waals surface area (Å²) >= 11 is 0. The number of piperazine rings is 1. The molecule has 0 saturated carbocycles. The Hall–Kier alpha value is -0.620. The second kappa shape index (κ2) is 11.2. The largest absolute Gasteiger partial charge is 1.00 e. The molecular weight excluding hydrogens is 356 g/mol. The Morgan fingerprint density at radius 2 is 1.72 bits per heavy atom. The Bertz CT molecular complexity index is 590. The molecule has 1 atom stereocenters. The van der Waals surface area contributed by atoms with Crippen molar-refractivity contribution in [3.05, 3.63) is 29.8 Å². The van der Waals surface area contributed by atoms with E-state index in [0.29, 0.717) is 24.0 Å². The van der Waals surface area contributed by atoms with Gasteiger partial charge >= 0.3 is 0 Å². The lowest BCUT2D eigenvalue weighted by Gasteiger charge is -2.30. The standard InChI is InChI=1S/C19H32N2O2S.ClH/c1-3-4-5-6-7-8-9-18-16-21(15-14-20-18)24(22,23)19-12-10-17(2)11-13-19;/h10-13,18,20H,3-9,14-16H2,1-2H3;1H. The van der Waals surface area contributed by atoms with Gasteiger partial charge < -0.3 is 17.7 Å². The molecule has 2 rings (SSSR count). The van der Waals surface area contributed by atoms with E-state index in [1.165, 1.54) is 38.5 Å². The molecule has 0 spiro atoms. The number of benzene rings is 1. The molecule has 1 aromatic rings. The van der Waals surface area contributed by atoms with Gasteiger partial charge in [0.05, 0.1) is 30.6 Å². The summed E-state index contributed by atoms with van der Waals surface area (Å²) in [5.74, 6) is 0. The molecule has 1 fully saturated rings. The first-order chi connectivity index (χ1) is 11.5. The molecule has 1 heterocycles. The summed E-state index contributed by atoms with van der Waals surface area (Å²) in [7, 11) is -3.34. The molecule has 25 heavy (non-hydrogen) atoms. The van der Waals surface area contributed by atoms with Gasteiger partial charge in [0, 0.05) is 6.42 Å². The van der Waals surface area contributed by atoms with Crippen molar-refractivity contribution in [2.75, 3.05) is 19.6 Å². The average molecular weight is 389 g/mol. The minimum absolute atomic E-state index is 0. The van der Waals surface area contributed by atoms with Crippen molar-refractivity contribution in [2.24, 2.45) is 0 Å². The number of rotatable bonds is 9. The van der Waals surface area contributed by atoms with Crippen LogP contribution in [-0.4, -0.2) is 38.4 Å². The van der Waals surface area contributed by atoms with Crippen LogP contribution in [0.5, 0.6) is 0 Å². The third-order valence-corrected chi connectivity index (χ3v) is 6.78. The molecule has 0 amide bonds. The number of nitrogens with two attached hydrogens (primary N) is 1. The molecule has 4 nitrogen and oxygen atoms in total. The fourth-order valence-electron chi connectivity index (χ4n) is 3.36. The van der Waals surface area contributed by atoms with Gasteiger partial charge in [-0.2, -0.15) is 4.31 Å². The molecule has 0 aromatic heterocycles. The first-order valence-electron chi connectivity index (χ1n) is 9.44. The Kier molecular flexibility index (Phi) is 10.0. The van der Waals surface area contributed by atoms with Gasteiger partial charge in [0.25, 0.3) is 0 Å². The lowest BCUT2D eigenvalue weighted by molar-refractivity contribution is -0.696. The molecule has 1 unspecified atom stereocenters. The smallest absolute Gasteiger partial charge is 0.243 e. The molecule has 6 heteroatoms. The molecule has 1 aliphatic rings. The molecule has 2 N–H and O–H groups in total. The van der Waals surface area contributed by atoms with E-state index in [1.54, 1.807) is 16.4 Å². The molecule has 0 radical (unpaired) electrons. The van der Waals surface area contributed by atoms with Gasteiger partial charge in [-0.1, -0.05) is 56.7 Å². The number of halogens is 1. The van der Waals surface area contributed by atoms with Crippen LogP contribution < -0.4 is 17.7 Å². The summed E-state index contributed by atoms with van der Waals surface area (Å²) < 4.78 is 27.3. The Morgan fingerprint density at radius 1 is 1.08 bits per heavy atom. The SMILES string of the molecule is CCCCCCCCC1CN(S(=O)(=O)c2ccc(C)cc2)CC[NH2+]1.[Cl-]. The van der Waals surface area contributed by atoms with Crippen LogP contribution in [-0.2, 0) is 10.0 Å². The zero-order chi connectivity index (χ0) is 17.4. The van der Waals surface area contributed by atoms with E-state index in [1.807, 2.05) is 19.1 Å². The van der Waals surface area contributed by atoms with E-state index in [4.69, 9.17) is 0 Å². The normalized spacial score (nSPS) is 18.7. The van der Waals surface area contributed by atoms with Crippen LogP contribution in [0.2, 0.25) is 0 Å². The van der Waals surface area contributed by atoms with E-state index < -0.39 is 10.0 Å². The Labute approximate surface area is 159 Å². The van der Waals surface area contributed by atoms with Gasteiger partial charge in [-0.05, 0) is 25.5 Å². The highest BCUT2D eigenvalue weighted by atomic mass is 35.5. The van der Waals surface area contributed by atoms with Crippen LogP contribution in [0, 0.1) is 6.92 Å². The van der Waals surface area contributed by atoms with Crippen LogP contribution in [0.25, 0.3) is 0 Å². The minimum atomic E-state index is -3.34. The third-order valence-electron chi connectivity index (χ3n) is 4.90. The van der Waals surface area contributed by atoms with E-state index in [-0.39, 0.29) is 12.4 Å². The molecule has 0 bridgehead atoms. The summed E-state index contributed by atoms with van der Waals surface area (Å²) in [6.07, 6.45) is 8.86. The van der Waals surface area contributed by atoms with Crippen LogP contribution in [0.3, 0.4) is 0 Å². The fraction of sp³-hybridized carbons (Fsp3) is 0.684. The Balaban J connectivity index is 0.00000312. The first-order valence-corrected chi connectivity index (χ1v) is 10.9. The van der Waals surface area contributed by atoms with Crippen LogP contribution in [0.15, 0.2) is 29.2 Å². The maximum atomic E-state index is 12.8. The predicted octanol–water partition coefficient (Wildman–Crippen LogP) is -0.314. The van der Waals surface area contributed by atoms with Crippen LogP contribution in [0.1, 0.15) is 57.4 Å². The first kappa shape index (κ1) is 22.4. The van der Waals surface area contributed by atoms with Crippen LogP contribution >= 0.6 is 0 Å². The molecule has 1 saturated heterocycles. The summed E-state index contributed by atoms with van der Waals surface area (Å²) in [5, 5.41) is 2.33. The van der Waals surface area contributed by atoms with Gasteiger partial charge in [0.1, 0.15) is 0 Å². The van der Waals surface area contributed by atoms with Crippen molar-refractivity contribution in [1.29, 1.82) is 0 Å². The summed E-state index contributed by atoms with van der Waals surface area (Å²) in [5.41, 5.74) is 1.09. The highest BCUT2D eigenvalue weighted by Crippen LogP contribution is 2.18. The molecular formula is C19H33ClN2O2S. The predicted molar refractivity (Wildman–Crippen MR) is 98.5 cm³/mol. The van der Waals surface area contributed by atoms with E-state index in [9.17, 15) is 8.42 Å². The second-order valence-electron chi connectivity index (χ2n) is 7.02. The monoisotopic (exact) mass is 388 g/mol. The fourth-order valence-corrected chi connectivity index (χ4v) is 4.87. The highest BCUT2D eigenvalue weighted by Gasteiger charge is 2.31. The lowest BCUT2D eigenvalue weighted by Crippen LogP contribution is -3.00. The van der Waals surface area contributed by atoms with Crippen molar-refractivity contribution in [2.45, 2.75) is 69.7 Å². The van der Waals surface area contributed by atoms with Crippen molar-refractivity contribution < 1.29 is 26.1 Å². The van der Waals surface area contributed by atoms with Gasteiger partial charge in [-0.3, -0.25) is 0 Å². The summed E-state index contributed by atoms with van der Waals surface area (Å²) in [6.45, 7) is 6.34. The second-order valence-corrected chi connectivity index (χ2v) is 8.95. The zero-order valence-electron chi connectivity index (χ0n) is 15.6. The number of hydrogen-bond donors (Lipinski definition) is 1. The van der Waals surface area contributed by atoms with Gasteiger partial charge in [0.15, 0.2) is 0 Å². The number of hydrogen-bond acceptors (Lipinski definition) is 2. The number of unbranched alkanes of at least 4 members (excludes halogenated alkanes) is 5. The summed E-state index contributed by atoms with van der Waals surface area (Å²) in [6, 6.07) is 7.61. The molecule has 1 aromatic carbocycles. The number of nitrogens with zero attached hydrogens (tertiary/aromatic N) is 1. The third kappa shape index (κ3) is 6.89. The lowest BCUT2D eigenvalue weighted by atomic mass is 10.0. The van der Waals surface area contributed by atoms with E-state index in [0.717, 1.165) is 18.5 Å². The number of sulfonamides is 1. The molecule has 0 aliphatic carbocycles. The quantitative estimate of drug-likeness (QED) is 0.590.